The highest BCUT2D eigenvalue weighted by molar-refractivity contribution is 5.67. The molecule has 0 saturated heterocycles. The largest absolute Gasteiger partial charge is 0.497 e. The topological polar surface area (TPSA) is 47.6 Å². The number of alkyl carbamates (subject to hydrolysis) is 1. The van der Waals surface area contributed by atoms with Crippen molar-refractivity contribution in [3.8, 4) is 5.75 Å². The molecule has 0 aliphatic heterocycles. The Labute approximate surface area is 120 Å². The molecule has 1 N–H and O–H groups in total. The van der Waals surface area contributed by atoms with Gasteiger partial charge in [0.1, 0.15) is 11.4 Å². The second kappa shape index (κ2) is 7.58. The number of benzene rings is 1. The molecule has 0 aliphatic carbocycles. The zero-order valence-corrected chi connectivity index (χ0v) is 12.6. The Kier molecular flexibility index (Phi) is 6.10. The van der Waals surface area contributed by atoms with Gasteiger partial charge in [-0.2, -0.15) is 0 Å². The van der Waals surface area contributed by atoms with E-state index in [4.69, 9.17) is 9.47 Å². The van der Waals surface area contributed by atoms with Gasteiger partial charge in [-0.25, -0.2) is 4.79 Å². The van der Waals surface area contributed by atoms with Gasteiger partial charge in [-0.05, 0) is 44.9 Å². The summed E-state index contributed by atoms with van der Waals surface area (Å²) in [6, 6.07) is 7.80. The molecule has 0 radical (unpaired) electrons. The fourth-order valence-corrected chi connectivity index (χ4v) is 1.51. The highest BCUT2D eigenvalue weighted by Gasteiger charge is 2.14. The number of carbonyl (C=O) groups is 1. The van der Waals surface area contributed by atoms with Gasteiger partial charge < -0.3 is 14.8 Å². The molecular weight excluding hydrogens is 254 g/mol. The predicted molar refractivity (Wildman–Crippen MR) is 80.9 cm³/mol. The summed E-state index contributed by atoms with van der Waals surface area (Å²) in [5.41, 5.74) is 0.645. The number of hydrogen-bond acceptors (Lipinski definition) is 3. The number of carbonyl (C=O) groups excluding carboxylic acids is 1. The Bertz CT molecular complexity index is 444. The van der Waals surface area contributed by atoms with Crippen LogP contribution in [-0.2, 0) is 4.74 Å². The highest BCUT2D eigenvalue weighted by Crippen LogP contribution is 2.12. The maximum atomic E-state index is 11.4. The monoisotopic (exact) mass is 277 g/mol. The zero-order chi connectivity index (χ0) is 15.0. The molecule has 1 rings (SSSR count). The van der Waals surface area contributed by atoms with Crippen molar-refractivity contribution in [2.45, 2.75) is 32.8 Å². The molecule has 4 nitrogen and oxygen atoms in total. The summed E-state index contributed by atoms with van der Waals surface area (Å²) >= 11 is 0. The molecule has 110 valence electrons. The van der Waals surface area contributed by atoms with Crippen LogP contribution in [0.15, 0.2) is 30.3 Å². The average Bonchev–Trinajstić information content (AvgIpc) is 2.37. The average molecular weight is 277 g/mol. The zero-order valence-electron chi connectivity index (χ0n) is 12.6. The maximum Gasteiger partial charge on any atom is 0.407 e. The fourth-order valence-electron chi connectivity index (χ4n) is 1.51. The van der Waals surface area contributed by atoms with E-state index >= 15 is 0 Å². The molecule has 0 atom stereocenters. The number of amides is 1. The highest BCUT2D eigenvalue weighted by atomic mass is 16.6. The van der Waals surface area contributed by atoms with Crippen LogP contribution in [0.25, 0.3) is 6.08 Å². The lowest BCUT2D eigenvalue weighted by molar-refractivity contribution is 0.0529. The molecule has 1 amide bonds. The van der Waals surface area contributed by atoms with Crippen molar-refractivity contribution < 1.29 is 14.3 Å². The Morgan fingerprint density at radius 1 is 1.25 bits per heavy atom. The molecular formula is C16H23NO3. The smallest absolute Gasteiger partial charge is 0.407 e. The summed E-state index contributed by atoms with van der Waals surface area (Å²) in [6.45, 7) is 6.09. The van der Waals surface area contributed by atoms with Crippen molar-refractivity contribution in [3.63, 3.8) is 0 Å². The molecule has 4 heteroatoms. The first-order valence-electron chi connectivity index (χ1n) is 6.68. The predicted octanol–water partition coefficient (Wildman–Crippen LogP) is 3.62. The SMILES string of the molecule is COc1ccc(/C=C\CCNC(=O)OC(C)(C)C)cc1. The van der Waals surface area contributed by atoms with E-state index in [0.29, 0.717) is 6.54 Å². The summed E-state index contributed by atoms with van der Waals surface area (Å²) in [4.78, 5) is 11.4. The molecule has 0 aromatic heterocycles. The van der Waals surface area contributed by atoms with Gasteiger partial charge in [0.2, 0.25) is 0 Å². The quantitative estimate of drug-likeness (QED) is 0.836. The van der Waals surface area contributed by atoms with Gasteiger partial charge in [-0.15, -0.1) is 0 Å². The fraction of sp³-hybridized carbons (Fsp3) is 0.438. The van der Waals surface area contributed by atoms with Crippen LogP contribution >= 0.6 is 0 Å². The van der Waals surface area contributed by atoms with Crippen molar-refractivity contribution in [2.24, 2.45) is 0 Å². The third kappa shape index (κ3) is 6.83. The van der Waals surface area contributed by atoms with Crippen molar-refractivity contribution in [1.82, 2.24) is 5.32 Å². The van der Waals surface area contributed by atoms with E-state index in [1.54, 1.807) is 7.11 Å². The summed E-state index contributed by atoms with van der Waals surface area (Å²) in [5, 5.41) is 2.71. The molecule has 1 aromatic carbocycles. The minimum absolute atomic E-state index is 0.379. The number of ether oxygens (including phenoxy) is 2. The first-order valence-corrected chi connectivity index (χ1v) is 6.68. The van der Waals surface area contributed by atoms with Crippen LogP contribution in [0, 0.1) is 0 Å². The van der Waals surface area contributed by atoms with Crippen LogP contribution < -0.4 is 10.1 Å². The molecule has 0 heterocycles. The molecule has 0 fully saturated rings. The summed E-state index contributed by atoms with van der Waals surface area (Å²) in [5.74, 6) is 0.841. The molecule has 0 bridgehead atoms. The third-order valence-electron chi connectivity index (χ3n) is 2.41. The van der Waals surface area contributed by atoms with Gasteiger partial charge >= 0.3 is 6.09 Å². The maximum absolute atomic E-state index is 11.4. The number of methoxy groups -OCH3 is 1. The Morgan fingerprint density at radius 2 is 1.90 bits per heavy atom. The lowest BCUT2D eigenvalue weighted by Crippen LogP contribution is -2.32. The minimum atomic E-state index is -0.455. The van der Waals surface area contributed by atoms with Crippen molar-refractivity contribution >= 4 is 12.2 Å². The van der Waals surface area contributed by atoms with Crippen LogP contribution in [0.3, 0.4) is 0 Å². The molecule has 0 saturated carbocycles. The van der Waals surface area contributed by atoms with Crippen molar-refractivity contribution in [3.05, 3.63) is 35.9 Å². The molecule has 1 aromatic rings. The number of rotatable bonds is 5. The van der Waals surface area contributed by atoms with Crippen LogP contribution in [0.5, 0.6) is 5.75 Å². The third-order valence-corrected chi connectivity index (χ3v) is 2.41. The van der Waals surface area contributed by atoms with E-state index in [2.05, 4.69) is 5.32 Å². The van der Waals surface area contributed by atoms with Gasteiger partial charge in [0.25, 0.3) is 0 Å². The van der Waals surface area contributed by atoms with E-state index in [1.165, 1.54) is 0 Å². The number of hydrogen-bond donors (Lipinski definition) is 1. The van der Waals surface area contributed by atoms with Crippen molar-refractivity contribution in [2.75, 3.05) is 13.7 Å². The van der Waals surface area contributed by atoms with Gasteiger partial charge in [0, 0.05) is 6.54 Å². The summed E-state index contributed by atoms with van der Waals surface area (Å²) < 4.78 is 10.2. The standard InChI is InChI=1S/C16H23NO3/c1-16(2,3)20-15(18)17-12-6-5-7-13-8-10-14(19-4)11-9-13/h5,7-11H,6,12H2,1-4H3,(H,17,18)/b7-5-. The molecule has 0 unspecified atom stereocenters. The van der Waals surface area contributed by atoms with Gasteiger partial charge in [-0.3, -0.25) is 0 Å². The second-order valence-corrected chi connectivity index (χ2v) is 5.39. The Hall–Kier alpha value is -1.97. The van der Waals surface area contributed by atoms with Gasteiger partial charge in [0.15, 0.2) is 0 Å². The molecule has 20 heavy (non-hydrogen) atoms. The normalized spacial score (nSPS) is 11.4. The van der Waals surface area contributed by atoms with Gasteiger partial charge in [-0.1, -0.05) is 24.3 Å². The summed E-state index contributed by atoms with van der Waals surface area (Å²) in [6.07, 6.45) is 4.40. The first kappa shape index (κ1) is 16.1. The van der Waals surface area contributed by atoms with E-state index in [0.717, 1.165) is 17.7 Å². The minimum Gasteiger partial charge on any atom is -0.497 e. The van der Waals surface area contributed by atoms with E-state index < -0.39 is 5.60 Å². The number of nitrogens with one attached hydrogen (secondary N) is 1. The molecule has 0 aliphatic rings. The lowest BCUT2D eigenvalue weighted by Gasteiger charge is -2.19. The van der Waals surface area contributed by atoms with Crippen LogP contribution in [0.1, 0.15) is 32.8 Å². The summed E-state index contributed by atoms with van der Waals surface area (Å²) in [7, 11) is 1.65. The lowest BCUT2D eigenvalue weighted by atomic mass is 10.2. The first-order chi connectivity index (χ1) is 9.40. The van der Waals surface area contributed by atoms with E-state index in [-0.39, 0.29) is 6.09 Å². The van der Waals surface area contributed by atoms with Gasteiger partial charge in [0.05, 0.1) is 7.11 Å². The van der Waals surface area contributed by atoms with Crippen LogP contribution in [0.2, 0.25) is 0 Å². The van der Waals surface area contributed by atoms with Crippen molar-refractivity contribution in [1.29, 1.82) is 0 Å². The Morgan fingerprint density at radius 3 is 2.45 bits per heavy atom. The van der Waals surface area contributed by atoms with Crippen LogP contribution in [-0.4, -0.2) is 25.3 Å². The Balaban J connectivity index is 2.26. The van der Waals surface area contributed by atoms with E-state index in [1.807, 2.05) is 57.2 Å². The van der Waals surface area contributed by atoms with Crippen LogP contribution in [0.4, 0.5) is 4.79 Å². The molecule has 0 spiro atoms. The second-order valence-electron chi connectivity index (χ2n) is 5.39. The van der Waals surface area contributed by atoms with E-state index in [9.17, 15) is 4.79 Å².